The van der Waals surface area contributed by atoms with Gasteiger partial charge < -0.3 is 5.32 Å². The molecule has 0 aliphatic carbocycles. The van der Waals surface area contributed by atoms with Gasteiger partial charge in [0.15, 0.2) is 11.5 Å². The molecule has 22 heavy (non-hydrogen) atoms. The van der Waals surface area contributed by atoms with Crippen LogP contribution in [0.1, 0.15) is 16.3 Å². The lowest BCUT2D eigenvalue weighted by Crippen LogP contribution is -2.15. The van der Waals surface area contributed by atoms with Crippen LogP contribution in [-0.2, 0) is 0 Å². The van der Waals surface area contributed by atoms with Crippen LogP contribution in [0.2, 0.25) is 0 Å². The molecule has 0 fully saturated rings. The Bertz CT molecular complexity index is 796. The molecule has 0 saturated carbocycles. The van der Waals surface area contributed by atoms with Gasteiger partial charge in [-0.1, -0.05) is 0 Å². The van der Waals surface area contributed by atoms with Crippen LogP contribution >= 0.6 is 0 Å². The van der Waals surface area contributed by atoms with Crippen LogP contribution in [0, 0.1) is 12.7 Å². The number of nitrogens with one attached hydrogen (secondary N) is 1. The summed E-state index contributed by atoms with van der Waals surface area (Å²) < 4.78 is 14.6. The van der Waals surface area contributed by atoms with E-state index in [0.717, 1.165) is 5.82 Å². The molecule has 2 heterocycles. The molecule has 1 N–H and O–H groups in total. The molecule has 0 atom stereocenters. The highest BCUT2D eigenvalue weighted by Gasteiger charge is 2.10. The highest BCUT2D eigenvalue weighted by molar-refractivity contribution is 6.02. The van der Waals surface area contributed by atoms with Gasteiger partial charge in [0.05, 0.1) is 0 Å². The number of carbonyl (C=O) groups excluding carboxylic acids is 1. The average molecular weight is 297 g/mol. The molecule has 0 unspecified atom stereocenters. The maximum atomic E-state index is 12.8. The van der Waals surface area contributed by atoms with Gasteiger partial charge in [-0.2, -0.15) is 0 Å². The van der Waals surface area contributed by atoms with E-state index in [1.165, 1.54) is 24.3 Å². The number of rotatable bonds is 3. The highest BCUT2D eigenvalue weighted by Crippen LogP contribution is 2.11. The molecule has 0 bridgehead atoms. The maximum absolute atomic E-state index is 12.8. The van der Waals surface area contributed by atoms with E-state index < -0.39 is 5.91 Å². The topological polar surface area (TPSA) is 72.7 Å². The summed E-state index contributed by atoms with van der Waals surface area (Å²) in [7, 11) is 0. The molecular formula is C15H12FN5O. The van der Waals surface area contributed by atoms with Gasteiger partial charge in [0.2, 0.25) is 0 Å². The molecule has 7 heteroatoms. The Kier molecular flexibility index (Phi) is 3.61. The third-order valence-electron chi connectivity index (χ3n) is 3.06. The molecule has 1 aromatic carbocycles. The van der Waals surface area contributed by atoms with Crippen LogP contribution in [0.4, 0.5) is 10.1 Å². The summed E-state index contributed by atoms with van der Waals surface area (Å²) in [6.07, 6.45) is 3.42. The number of hydrogen-bond donors (Lipinski definition) is 1. The normalized spacial score (nSPS) is 10.5. The first-order chi connectivity index (χ1) is 10.6. The van der Waals surface area contributed by atoms with Gasteiger partial charge in [0.1, 0.15) is 11.6 Å². The molecule has 6 nitrogen and oxygen atoms in total. The summed E-state index contributed by atoms with van der Waals surface area (Å²) in [6.45, 7) is 1.84. The lowest BCUT2D eigenvalue weighted by Gasteiger charge is -2.06. The zero-order chi connectivity index (χ0) is 15.5. The second-order valence-electron chi connectivity index (χ2n) is 4.58. The molecule has 0 saturated heterocycles. The quantitative estimate of drug-likeness (QED) is 0.805. The fraction of sp³-hybridized carbons (Fsp3) is 0.0667. The van der Waals surface area contributed by atoms with Gasteiger partial charge >= 0.3 is 0 Å². The molecule has 2 aromatic heterocycles. The predicted molar refractivity (Wildman–Crippen MR) is 78.2 cm³/mol. The first kappa shape index (κ1) is 13.9. The monoisotopic (exact) mass is 297 g/mol. The number of benzene rings is 1. The van der Waals surface area contributed by atoms with Crippen molar-refractivity contribution in [3.63, 3.8) is 0 Å². The van der Waals surface area contributed by atoms with Gasteiger partial charge in [-0.25, -0.2) is 9.37 Å². The van der Waals surface area contributed by atoms with Crippen LogP contribution < -0.4 is 5.32 Å². The number of hydrogen-bond acceptors (Lipinski definition) is 4. The van der Waals surface area contributed by atoms with Gasteiger partial charge in [-0.05, 0) is 43.3 Å². The van der Waals surface area contributed by atoms with Crippen molar-refractivity contribution in [2.24, 2.45) is 0 Å². The molecule has 110 valence electrons. The van der Waals surface area contributed by atoms with E-state index in [-0.39, 0.29) is 11.5 Å². The first-order valence-corrected chi connectivity index (χ1v) is 6.54. The number of anilines is 1. The number of nitrogens with zero attached hydrogens (tertiary/aromatic N) is 4. The fourth-order valence-electron chi connectivity index (χ4n) is 1.92. The first-order valence-electron chi connectivity index (χ1n) is 6.54. The third-order valence-corrected chi connectivity index (χ3v) is 3.06. The largest absolute Gasteiger partial charge is 0.321 e. The maximum Gasteiger partial charge on any atom is 0.276 e. The molecule has 0 radical (unpaired) electrons. The number of carbonyl (C=O) groups is 1. The van der Waals surface area contributed by atoms with E-state index in [0.29, 0.717) is 11.5 Å². The zero-order valence-corrected chi connectivity index (χ0v) is 11.7. The van der Waals surface area contributed by atoms with Crippen molar-refractivity contribution in [2.45, 2.75) is 6.92 Å². The molecule has 0 aliphatic rings. The van der Waals surface area contributed by atoms with Crippen molar-refractivity contribution in [1.82, 2.24) is 19.7 Å². The summed E-state index contributed by atoms with van der Waals surface area (Å²) in [5, 5.41) is 10.5. The van der Waals surface area contributed by atoms with Crippen LogP contribution in [0.15, 0.2) is 48.8 Å². The number of halogens is 1. The van der Waals surface area contributed by atoms with E-state index in [2.05, 4.69) is 20.5 Å². The van der Waals surface area contributed by atoms with Crippen molar-refractivity contribution in [1.29, 1.82) is 0 Å². The van der Waals surface area contributed by atoms with Crippen LogP contribution in [0.25, 0.3) is 5.82 Å². The predicted octanol–water partition coefficient (Wildman–Crippen LogP) is 2.36. The van der Waals surface area contributed by atoms with E-state index in [1.807, 2.05) is 6.92 Å². The summed E-state index contributed by atoms with van der Waals surface area (Å²) in [5.74, 6) is 0.581. The summed E-state index contributed by atoms with van der Waals surface area (Å²) in [4.78, 5) is 16.1. The Balaban J connectivity index is 1.76. The minimum Gasteiger partial charge on any atom is -0.321 e. The van der Waals surface area contributed by atoms with Crippen molar-refractivity contribution >= 4 is 11.6 Å². The summed E-state index contributed by atoms with van der Waals surface area (Å²) >= 11 is 0. The van der Waals surface area contributed by atoms with E-state index >= 15 is 0 Å². The van der Waals surface area contributed by atoms with Crippen molar-refractivity contribution in [3.8, 4) is 5.82 Å². The SMILES string of the molecule is Cc1nccn1-c1ccc(C(=O)Nc2ccc(F)cc2)nn1. The van der Waals surface area contributed by atoms with Crippen LogP contribution in [0.3, 0.4) is 0 Å². The summed E-state index contributed by atoms with van der Waals surface area (Å²) in [6, 6.07) is 8.74. The Morgan fingerprint density at radius 1 is 1.14 bits per heavy atom. The zero-order valence-electron chi connectivity index (χ0n) is 11.7. The van der Waals surface area contributed by atoms with Crippen LogP contribution in [0.5, 0.6) is 0 Å². The van der Waals surface area contributed by atoms with Gasteiger partial charge in [-0.3, -0.25) is 9.36 Å². The van der Waals surface area contributed by atoms with Gasteiger partial charge in [-0.15, -0.1) is 10.2 Å². The highest BCUT2D eigenvalue weighted by atomic mass is 19.1. The number of amides is 1. The molecule has 3 aromatic rings. The smallest absolute Gasteiger partial charge is 0.276 e. The molecule has 0 aliphatic heterocycles. The second-order valence-corrected chi connectivity index (χ2v) is 4.58. The third kappa shape index (κ3) is 2.83. The number of imidazole rings is 1. The van der Waals surface area contributed by atoms with E-state index in [1.54, 1.807) is 29.1 Å². The van der Waals surface area contributed by atoms with Crippen molar-refractivity contribution in [2.75, 3.05) is 5.32 Å². The molecular weight excluding hydrogens is 285 g/mol. The molecule has 1 amide bonds. The lowest BCUT2D eigenvalue weighted by molar-refractivity contribution is 0.102. The Morgan fingerprint density at radius 3 is 2.50 bits per heavy atom. The molecule has 3 rings (SSSR count). The lowest BCUT2D eigenvalue weighted by atomic mass is 10.3. The Hall–Kier alpha value is -3.09. The second kappa shape index (κ2) is 5.72. The molecule has 0 spiro atoms. The van der Waals surface area contributed by atoms with Crippen molar-refractivity contribution in [3.05, 3.63) is 66.1 Å². The van der Waals surface area contributed by atoms with Crippen molar-refractivity contribution < 1.29 is 9.18 Å². The Morgan fingerprint density at radius 2 is 1.91 bits per heavy atom. The van der Waals surface area contributed by atoms with Gasteiger partial charge in [0, 0.05) is 18.1 Å². The average Bonchev–Trinajstić information content (AvgIpc) is 2.96. The summed E-state index contributed by atoms with van der Waals surface area (Å²) in [5.41, 5.74) is 0.661. The van der Waals surface area contributed by atoms with Gasteiger partial charge in [0.25, 0.3) is 5.91 Å². The Labute approximate surface area is 125 Å². The van der Waals surface area contributed by atoms with E-state index in [9.17, 15) is 9.18 Å². The van der Waals surface area contributed by atoms with Crippen LogP contribution in [-0.4, -0.2) is 25.7 Å². The minimum absolute atomic E-state index is 0.172. The number of aromatic nitrogens is 4. The minimum atomic E-state index is -0.409. The standard InChI is InChI=1S/C15H12FN5O/c1-10-17-8-9-21(10)14-7-6-13(19-20-14)15(22)18-12-4-2-11(16)3-5-12/h2-9H,1H3,(H,18,22). The van der Waals surface area contributed by atoms with E-state index in [4.69, 9.17) is 0 Å². The number of aryl methyl sites for hydroxylation is 1. The fourth-order valence-corrected chi connectivity index (χ4v) is 1.92.